The van der Waals surface area contributed by atoms with Crippen molar-refractivity contribution in [3.8, 4) is 0 Å². The quantitative estimate of drug-likeness (QED) is 0.0373. The highest BCUT2D eigenvalue weighted by molar-refractivity contribution is 5.70. The van der Waals surface area contributed by atoms with Gasteiger partial charge in [0.1, 0.15) is 6.61 Å². The Bertz CT molecular complexity index is 1390. The average Bonchev–Trinajstić information content (AvgIpc) is 3.45. The molecular weight excluding hydrogens is 969 g/mol. The molecule has 0 fully saturated rings. The van der Waals surface area contributed by atoms with Gasteiger partial charge in [-0.1, -0.05) is 363 Å². The third-order valence-corrected chi connectivity index (χ3v) is 15.8. The number of carbonyl (C=O) groups is 2. The van der Waals surface area contributed by atoms with E-state index in [2.05, 4.69) is 86.8 Å². The molecule has 0 rings (SSSR count). The van der Waals surface area contributed by atoms with Gasteiger partial charge in [0, 0.05) is 12.8 Å². The van der Waals surface area contributed by atoms with Gasteiger partial charge in [-0.2, -0.15) is 0 Å². The van der Waals surface area contributed by atoms with Gasteiger partial charge in [-0.15, -0.1) is 0 Å². The molecule has 0 heterocycles. The number of rotatable bonds is 65. The predicted octanol–water partition coefficient (Wildman–Crippen LogP) is 24.3. The summed E-state index contributed by atoms with van der Waals surface area (Å²) in [4.78, 5) is 24.6. The molecule has 0 aromatic carbocycles. The third kappa shape index (κ3) is 67.7. The third-order valence-electron chi connectivity index (χ3n) is 15.8. The zero-order chi connectivity index (χ0) is 56.9. The van der Waals surface area contributed by atoms with Crippen LogP contribution in [0.2, 0.25) is 0 Å². The van der Waals surface area contributed by atoms with Crippen LogP contribution in [0, 0.1) is 0 Å². The summed E-state index contributed by atoms with van der Waals surface area (Å²) in [6.45, 7) is 4.08. The first-order valence-corrected chi connectivity index (χ1v) is 35.0. The fourth-order valence-electron chi connectivity index (χ4n) is 10.6. The predicted molar refractivity (Wildman–Crippen MR) is 348 cm³/mol. The lowest BCUT2D eigenvalue weighted by Crippen LogP contribution is -2.28. The summed E-state index contributed by atoms with van der Waals surface area (Å²) in [6, 6.07) is 0. The molecular formula is C74H134O5. The van der Waals surface area contributed by atoms with Crippen LogP contribution in [0.25, 0.3) is 0 Å². The fraction of sp³-hybridized carbons (Fsp3) is 0.811. The van der Waals surface area contributed by atoms with Crippen molar-refractivity contribution in [2.24, 2.45) is 0 Å². The van der Waals surface area contributed by atoms with Crippen molar-refractivity contribution in [2.75, 3.05) is 13.2 Å². The van der Waals surface area contributed by atoms with E-state index in [1.807, 2.05) is 0 Å². The van der Waals surface area contributed by atoms with Crippen LogP contribution in [-0.4, -0.2) is 36.4 Å². The van der Waals surface area contributed by atoms with Gasteiger partial charge in [0.05, 0.1) is 6.61 Å². The van der Waals surface area contributed by atoms with Crippen molar-refractivity contribution < 1.29 is 24.2 Å². The molecule has 0 aliphatic carbocycles. The largest absolute Gasteiger partial charge is 0.462 e. The van der Waals surface area contributed by atoms with Crippen molar-refractivity contribution in [3.63, 3.8) is 0 Å². The molecule has 0 saturated carbocycles. The lowest BCUT2D eigenvalue weighted by molar-refractivity contribution is -0.161. The van der Waals surface area contributed by atoms with Gasteiger partial charge in [-0.3, -0.25) is 9.59 Å². The highest BCUT2D eigenvalue weighted by Crippen LogP contribution is 2.19. The Balaban J connectivity index is 3.41. The molecule has 0 aromatic heterocycles. The molecule has 0 amide bonds. The summed E-state index contributed by atoms with van der Waals surface area (Å²) >= 11 is 0. The first-order chi connectivity index (χ1) is 39.1. The van der Waals surface area contributed by atoms with Gasteiger partial charge in [0.2, 0.25) is 0 Å². The van der Waals surface area contributed by atoms with Crippen LogP contribution in [-0.2, 0) is 19.1 Å². The molecule has 0 aliphatic rings. The Labute approximate surface area is 493 Å². The number of esters is 2. The lowest BCUT2D eigenvalue weighted by Gasteiger charge is -2.15. The molecule has 0 bridgehead atoms. The SMILES string of the molecule is CC/C=C\C/C=C\C/C=C\C/C=C\C/C=C\C/C=C\CCCCCCCCCCCCCCCCCCCCCCC(=O)OC(CO)COC(=O)CCCCCCCCCCCCCCCCCCCCCCCCCCCC. The molecule has 5 heteroatoms. The van der Waals surface area contributed by atoms with Crippen molar-refractivity contribution in [3.05, 3.63) is 72.9 Å². The van der Waals surface area contributed by atoms with E-state index in [0.717, 1.165) is 70.6 Å². The molecule has 1 unspecified atom stereocenters. The standard InChI is InChI=1S/C74H134O5/c1-3-5-7-9-11-13-15-17-19-21-23-25-27-29-31-32-33-34-35-36-37-38-39-40-41-42-43-45-47-49-51-53-55-57-59-61-63-65-67-69-74(77)79-72(70-75)71-78-73(76)68-66-64-62-60-58-56-54-52-50-48-46-44-30-28-26-24-22-20-18-16-14-12-10-8-6-4-2/h5,7,11,13,17,19,23,25,29,31,33-34,72,75H,3-4,6,8-10,12,14-16,18,20-22,24,26-28,30,32,35-71H2,1-2H3/b7-5-,13-11-,19-17-,25-23-,31-29-,34-33-. The lowest BCUT2D eigenvalue weighted by atomic mass is 10.0. The molecule has 1 atom stereocenters. The molecule has 79 heavy (non-hydrogen) atoms. The number of aliphatic hydroxyl groups excluding tert-OH is 1. The molecule has 0 spiro atoms. The van der Waals surface area contributed by atoms with Crippen LogP contribution in [0.4, 0.5) is 0 Å². The first-order valence-electron chi connectivity index (χ1n) is 35.0. The summed E-state index contributed by atoms with van der Waals surface area (Å²) in [5, 5.41) is 9.70. The van der Waals surface area contributed by atoms with Crippen LogP contribution in [0.3, 0.4) is 0 Å². The zero-order valence-electron chi connectivity index (χ0n) is 52.9. The Hall–Kier alpha value is -2.66. The Morgan fingerprint density at radius 2 is 0.544 bits per heavy atom. The van der Waals surface area contributed by atoms with Gasteiger partial charge in [-0.05, 0) is 64.2 Å². The number of allylic oxidation sites excluding steroid dienone is 12. The Morgan fingerprint density at radius 1 is 0.304 bits per heavy atom. The highest BCUT2D eigenvalue weighted by atomic mass is 16.6. The maximum absolute atomic E-state index is 12.4. The van der Waals surface area contributed by atoms with E-state index in [9.17, 15) is 14.7 Å². The van der Waals surface area contributed by atoms with Crippen molar-refractivity contribution in [1.82, 2.24) is 0 Å². The summed E-state index contributed by atoms with van der Waals surface area (Å²) in [5.41, 5.74) is 0. The van der Waals surface area contributed by atoms with Gasteiger partial charge >= 0.3 is 11.9 Å². The van der Waals surface area contributed by atoms with Gasteiger partial charge in [0.25, 0.3) is 0 Å². The van der Waals surface area contributed by atoms with E-state index < -0.39 is 6.10 Å². The summed E-state index contributed by atoms with van der Waals surface area (Å²) in [6.07, 6.45) is 96.5. The van der Waals surface area contributed by atoms with E-state index in [1.165, 1.54) is 270 Å². The molecule has 0 aliphatic heterocycles. The van der Waals surface area contributed by atoms with Crippen LogP contribution in [0.5, 0.6) is 0 Å². The summed E-state index contributed by atoms with van der Waals surface area (Å²) in [7, 11) is 0. The molecule has 0 aromatic rings. The zero-order valence-corrected chi connectivity index (χ0v) is 52.9. The number of hydrogen-bond acceptors (Lipinski definition) is 5. The second kappa shape index (κ2) is 69.6. The fourth-order valence-corrected chi connectivity index (χ4v) is 10.6. The molecule has 460 valence electrons. The maximum atomic E-state index is 12.4. The van der Waals surface area contributed by atoms with Crippen molar-refractivity contribution >= 4 is 11.9 Å². The van der Waals surface area contributed by atoms with E-state index in [-0.39, 0.29) is 25.2 Å². The smallest absolute Gasteiger partial charge is 0.306 e. The van der Waals surface area contributed by atoms with E-state index in [0.29, 0.717) is 12.8 Å². The number of carbonyl (C=O) groups excluding carboxylic acids is 2. The number of aliphatic hydroxyl groups is 1. The maximum Gasteiger partial charge on any atom is 0.306 e. The number of hydrogen-bond donors (Lipinski definition) is 1. The molecule has 0 radical (unpaired) electrons. The molecule has 0 saturated heterocycles. The van der Waals surface area contributed by atoms with Crippen molar-refractivity contribution in [1.29, 1.82) is 0 Å². The first kappa shape index (κ1) is 76.3. The van der Waals surface area contributed by atoms with Crippen LogP contribution < -0.4 is 0 Å². The van der Waals surface area contributed by atoms with E-state index in [4.69, 9.17) is 9.47 Å². The second-order valence-electron chi connectivity index (χ2n) is 23.6. The average molecular weight is 1100 g/mol. The molecule has 5 nitrogen and oxygen atoms in total. The minimum absolute atomic E-state index is 0.0605. The molecule has 1 N–H and O–H groups in total. The summed E-state index contributed by atoms with van der Waals surface area (Å²) < 4.78 is 10.8. The Kier molecular flexibility index (Phi) is 67.3. The van der Waals surface area contributed by atoms with E-state index >= 15 is 0 Å². The van der Waals surface area contributed by atoms with Crippen molar-refractivity contribution in [2.45, 2.75) is 373 Å². The van der Waals surface area contributed by atoms with Crippen LogP contribution in [0.1, 0.15) is 367 Å². The number of unbranched alkanes of at least 4 members (excludes halogenated alkanes) is 45. The monoisotopic (exact) mass is 1100 g/mol. The van der Waals surface area contributed by atoms with Gasteiger partial charge < -0.3 is 14.6 Å². The normalized spacial score (nSPS) is 12.6. The highest BCUT2D eigenvalue weighted by Gasteiger charge is 2.16. The minimum atomic E-state index is -0.771. The van der Waals surface area contributed by atoms with E-state index in [1.54, 1.807) is 0 Å². The van der Waals surface area contributed by atoms with Gasteiger partial charge in [-0.25, -0.2) is 0 Å². The second-order valence-corrected chi connectivity index (χ2v) is 23.6. The van der Waals surface area contributed by atoms with Crippen LogP contribution in [0.15, 0.2) is 72.9 Å². The Morgan fingerprint density at radius 3 is 0.823 bits per heavy atom. The summed E-state index contributed by atoms with van der Waals surface area (Å²) in [5.74, 6) is -0.568. The minimum Gasteiger partial charge on any atom is -0.462 e. The van der Waals surface area contributed by atoms with Gasteiger partial charge in [0.15, 0.2) is 6.10 Å². The van der Waals surface area contributed by atoms with Crippen LogP contribution >= 0.6 is 0 Å². The topological polar surface area (TPSA) is 72.8 Å². The number of ether oxygens (including phenoxy) is 2.